The number of nitrogens with zero attached hydrogens (tertiary/aromatic N) is 2. The van der Waals surface area contributed by atoms with E-state index in [0.717, 1.165) is 21.9 Å². The van der Waals surface area contributed by atoms with Gasteiger partial charge in [-0.05, 0) is 58.8 Å². The van der Waals surface area contributed by atoms with E-state index >= 15 is 0 Å². The molecule has 0 radical (unpaired) electrons. The number of fused-ring (bicyclic) bond motifs is 1. The molecule has 5 rings (SSSR count). The molecular weight excluding hydrogens is 452 g/mol. The summed E-state index contributed by atoms with van der Waals surface area (Å²) >= 11 is 0. The van der Waals surface area contributed by atoms with Gasteiger partial charge in [0.05, 0.1) is 14.2 Å². The molecule has 36 heavy (non-hydrogen) atoms. The average molecular weight is 475 g/mol. The van der Waals surface area contributed by atoms with Crippen LogP contribution in [-0.2, 0) is 0 Å². The standard InChI is InChI=1S/C30H22N2O4/c1-34-22-12-7-20(8-13-22)28-25(17-31)30(36-29(28)21-9-14-23(35-2)15-10-21)32-18-26-24-6-4-3-5-19(24)11-16-27(26)33/h3-16,18,33H,1-2H3/b32-18+. The lowest BCUT2D eigenvalue weighted by molar-refractivity contribution is 0.414. The molecule has 0 aliphatic rings. The molecule has 1 heterocycles. The van der Waals surface area contributed by atoms with Crippen LogP contribution in [0.5, 0.6) is 17.2 Å². The van der Waals surface area contributed by atoms with E-state index in [1.807, 2.05) is 78.9 Å². The molecule has 0 spiro atoms. The van der Waals surface area contributed by atoms with Gasteiger partial charge in [-0.25, -0.2) is 4.99 Å². The van der Waals surface area contributed by atoms with Crippen LogP contribution in [0, 0.1) is 11.3 Å². The Morgan fingerprint density at radius 3 is 2.11 bits per heavy atom. The van der Waals surface area contributed by atoms with Crippen LogP contribution < -0.4 is 9.47 Å². The van der Waals surface area contributed by atoms with Gasteiger partial charge in [-0.2, -0.15) is 5.26 Å². The van der Waals surface area contributed by atoms with Gasteiger partial charge in [-0.3, -0.25) is 0 Å². The smallest absolute Gasteiger partial charge is 0.238 e. The lowest BCUT2D eigenvalue weighted by atomic mass is 9.98. The molecule has 0 unspecified atom stereocenters. The molecule has 0 atom stereocenters. The zero-order valence-electron chi connectivity index (χ0n) is 19.7. The molecule has 0 saturated carbocycles. The molecule has 5 aromatic rings. The Kier molecular flexibility index (Phi) is 6.12. The molecule has 0 bridgehead atoms. The van der Waals surface area contributed by atoms with Crippen molar-refractivity contribution in [2.75, 3.05) is 14.2 Å². The van der Waals surface area contributed by atoms with Crippen molar-refractivity contribution in [3.05, 3.63) is 96.1 Å². The number of methoxy groups -OCH3 is 2. The van der Waals surface area contributed by atoms with Crippen LogP contribution in [0.4, 0.5) is 5.88 Å². The quantitative estimate of drug-likeness (QED) is 0.265. The summed E-state index contributed by atoms with van der Waals surface area (Å²) in [5, 5.41) is 22.5. The number of hydrogen-bond donors (Lipinski definition) is 1. The van der Waals surface area contributed by atoms with Crippen molar-refractivity contribution < 1.29 is 19.0 Å². The fraction of sp³-hybridized carbons (Fsp3) is 0.0667. The fourth-order valence-electron chi connectivity index (χ4n) is 4.14. The second kappa shape index (κ2) is 9.69. The summed E-state index contributed by atoms with van der Waals surface area (Å²) in [6.07, 6.45) is 1.53. The van der Waals surface area contributed by atoms with Gasteiger partial charge in [0.1, 0.15) is 34.6 Å². The second-order valence-electron chi connectivity index (χ2n) is 8.03. The average Bonchev–Trinajstić information content (AvgIpc) is 3.31. The van der Waals surface area contributed by atoms with Crippen LogP contribution >= 0.6 is 0 Å². The van der Waals surface area contributed by atoms with Gasteiger partial charge in [0.15, 0.2) is 0 Å². The van der Waals surface area contributed by atoms with Gasteiger partial charge in [0.2, 0.25) is 5.88 Å². The Morgan fingerprint density at radius 2 is 1.47 bits per heavy atom. The third-order valence-electron chi connectivity index (χ3n) is 5.99. The summed E-state index contributed by atoms with van der Waals surface area (Å²) in [6, 6.07) is 28.3. The van der Waals surface area contributed by atoms with Crippen molar-refractivity contribution in [1.29, 1.82) is 5.26 Å². The first-order chi connectivity index (χ1) is 17.6. The van der Waals surface area contributed by atoms with E-state index in [1.165, 1.54) is 6.21 Å². The highest BCUT2D eigenvalue weighted by Gasteiger charge is 2.23. The van der Waals surface area contributed by atoms with Crippen LogP contribution in [0.2, 0.25) is 0 Å². The molecule has 1 aromatic heterocycles. The summed E-state index contributed by atoms with van der Waals surface area (Å²) in [4.78, 5) is 4.53. The van der Waals surface area contributed by atoms with Gasteiger partial charge >= 0.3 is 0 Å². The highest BCUT2D eigenvalue weighted by Crippen LogP contribution is 2.43. The van der Waals surface area contributed by atoms with E-state index in [2.05, 4.69) is 11.1 Å². The molecule has 0 amide bonds. The minimum atomic E-state index is 0.0910. The SMILES string of the molecule is COc1ccc(-c2oc(/N=C/c3c(O)ccc4ccccc34)c(C#N)c2-c2ccc(OC)cc2)cc1. The molecule has 0 aliphatic heterocycles. The Labute approximate surface area is 208 Å². The molecule has 0 fully saturated rings. The number of aliphatic imine (C=N–C) groups is 1. The monoisotopic (exact) mass is 474 g/mol. The van der Waals surface area contributed by atoms with Crippen LogP contribution in [0.25, 0.3) is 33.2 Å². The van der Waals surface area contributed by atoms with E-state index in [4.69, 9.17) is 13.9 Å². The zero-order valence-corrected chi connectivity index (χ0v) is 19.7. The van der Waals surface area contributed by atoms with E-state index < -0.39 is 0 Å². The van der Waals surface area contributed by atoms with Crippen LogP contribution in [-0.4, -0.2) is 25.5 Å². The number of furan rings is 1. The molecule has 4 aromatic carbocycles. The fourth-order valence-corrected chi connectivity index (χ4v) is 4.14. The predicted molar refractivity (Wildman–Crippen MR) is 140 cm³/mol. The highest BCUT2D eigenvalue weighted by molar-refractivity contribution is 6.03. The lowest BCUT2D eigenvalue weighted by Gasteiger charge is -2.06. The first-order valence-electron chi connectivity index (χ1n) is 11.2. The Hall–Kier alpha value is -5.02. The number of ether oxygens (including phenoxy) is 2. The largest absolute Gasteiger partial charge is 0.507 e. The van der Waals surface area contributed by atoms with Gasteiger partial charge < -0.3 is 19.0 Å². The Bertz CT molecular complexity index is 1610. The maximum atomic E-state index is 10.5. The molecule has 6 nitrogen and oxygen atoms in total. The Balaban J connectivity index is 1.69. The number of phenols is 1. The van der Waals surface area contributed by atoms with Crippen molar-refractivity contribution in [2.45, 2.75) is 0 Å². The predicted octanol–water partition coefficient (Wildman–Crippen LogP) is 7.11. The summed E-state index contributed by atoms with van der Waals surface area (Å²) in [7, 11) is 3.21. The topological polar surface area (TPSA) is 88.0 Å². The number of nitriles is 1. The highest BCUT2D eigenvalue weighted by atomic mass is 16.5. The zero-order chi connectivity index (χ0) is 25.1. The minimum Gasteiger partial charge on any atom is -0.507 e. The number of benzene rings is 4. The van der Waals surface area contributed by atoms with Crippen molar-refractivity contribution in [3.8, 4) is 45.8 Å². The summed E-state index contributed by atoms with van der Waals surface area (Å²) in [5.41, 5.74) is 3.02. The van der Waals surface area contributed by atoms with E-state index in [9.17, 15) is 10.4 Å². The second-order valence-corrected chi connectivity index (χ2v) is 8.03. The molecular formula is C30H22N2O4. The Morgan fingerprint density at radius 1 is 0.833 bits per heavy atom. The molecule has 1 N–H and O–H groups in total. The lowest BCUT2D eigenvalue weighted by Crippen LogP contribution is -1.87. The van der Waals surface area contributed by atoms with Crippen molar-refractivity contribution >= 4 is 22.9 Å². The van der Waals surface area contributed by atoms with E-state index in [-0.39, 0.29) is 11.6 Å². The van der Waals surface area contributed by atoms with Crippen molar-refractivity contribution in [1.82, 2.24) is 0 Å². The summed E-state index contributed by atoms with van der Waals surface area (Å²) in [6.45, 7) is 0. The molecule has 0 saturated heterocycles. The minimum absolute atomic E-state index is 0.0910. The van der Waals surface area contributed by atoms with Gasteiger partial charge in [-0.1, -0.05) is 42.5 Å². The van der Waals surface area contributed by atoms with Crippen LogP contribution in [0.15, 0.2) is 94.3 Å². The first-order valence-corrected chi connectivity index (χ1v) is 11.2. The number of aromatic hydroxyl groups is 1. The van der Waals surface area contributed by atoms with E-state index in [0.29, 0.717) is 33.9 Å². The maximum Gasteiger partial charge on any atom is 0.238 e. The summed E-state index contributed by atoms with van der Waals surface area (Å²) in [5.74, 6) is 2.17. The van der Waals surface area contributed by atoms with Gasteiger partial charge in [0.25, 0.3) is 0 Å². The number of phenolic OH excluding ortho intramolecular Hbond substituents is 1. The van der Waals surface area contributed by atoms with Crippen LogP contribution in [0.3, 0.4) is 0 Å². The van der Waals surface area contributed by atoms with Gasteiger partial charge in [-0.15, -0.1) is 0 Å². The van der Waals surface area contributed by atoms with Crippen molar-refractivity contribution in [2.24, 2.45) is 4.99 Å². The third kappa shape index (κ3) is 4.15. The van der Waals surface area contributed by atoms with Crippen molar-refractivity contribution in [3.63, 3.8) is 0 Å². The third-order valence-corrected chi connectivity index (χ3v) is 5.99. The maximum absolute atomic E-state index is 10.5. The van der Waals surface area contributed by atoms with E-state index in [1.54, 1.807) is 20.3 Å². The molecule has 0 aliphatic carbocycles. The normalized spacial score (nSPS) is 11.0. The summed E-state index contributed by atoms with van der Waals surface area (Å²) < 4.78 is 16.8. The first kappa shape index (κ1) is 22.8. The van der Waals surface area contributed by atoms with Crippen LogP contribution in [0.1, 0.15) is 11.1 Å². The number of rotatable bonds is 6. The molecule has 6 heteroatoms. The van der Waals surface area contributed by atoms with Gasteiger partial charge in [0, 0.05) is 22.9 Å². The molecule has 176 valence electrons. The number of hydrogen-bond acceptors (Lipinski definition) is 6.